The minimum atomic E-state index is 0. The Hall–Kier alpha value is -5.53. The van der Waals surface area contributed by atoms with E-state index in [1.165, 1.54) is 96.6 Å². The van der Waals surface area contributed by atoms with Crippen LogP contribution in [0.25, 0.3) is 22.3 Å². The van der Waals surface area contributed by atoms with Gasteiger partial charge in [0.1, 0.15) is 0 Å². The standard InChI is InChI=1S/2C21H25.2C13H10.2C5H5.2ClH.2Ti/c2*1-20(2,3)16-7-9-18-14(12-16)11-15-13-17(21(4,5)6)8-10-19(15)18;2*1-3-7-12(8-4-1)11-13-9-5-2-6-10-13;2*1-2-4-5-3-1;;;;/h2*7-10,12H,11H2,1-6H3;2*1-10H;2*1-3H,4H2;2*1H;;/q2*-1;;;2*-1;;;2*+2/p-2. The summed E-state index contributed by atoms with van der Waals surface area (Å²) in [5.74, 6) is 0. The molecule has 0 aromatic heterocycles. The van der Waals surface area contributed by atoms with Crippen molar-refractivity contribution >= 4 is 7.62 Å². The van der Waals surface area contributed by atoms with E-state index in [0.29, 0.717) is 0 Å². The number of rotatable bonds is 4. The van der Waals surface area contributed by atoms with Gasteiger partial charge >= 0.3 is 191 Å². The normalized spacial score (nSPS) is 12.7. The van der Waals surface area contributed by atoms with Crippen LogP contribution < -0.4 is 24.8 Å². The van der Waals surface area contributed by atoms with Crippen molar-refractivity contribution < 1.29 is 64.8 Å². The minimum absolute atomic E-state index is 0. The molecule has 0 amide bonds. The second-order valence-electron chi connectivity index (χ2n) is 24.8. The van der Waals surface area contributed by atoms with E-state index in [2.05, 4.69) is 317 Å². The molecule has 4 aliphatic rings. The number of hydrogen-bond donors (Lipinski definition) is 0. The first kappa shape index (κ1) is 67.3. The Kier molecular flexibility index (Phi) is 25.3. The molecule has 4 aliphatic carbocycles. The first-order chi connectivity index (χ1) is 38.1. The molecular weight excluding hydrogens is 1100 g/mol. The third-order valence-corrected chi connectivity index (χ3v) is 16.2. The van der Waals surface area contributed by atoms with Crippen molar-refractivity contribution in [3.8, 4) is 22.3 Å². The molecule has 0 spiro atoms. The van der Waals surface area contributed by atoms with Crippen LogP contribution in [0.3, 0.4) is 0 Å². The fourth-order valence-corrected chi connectivity index (χ4v) is 10.5. The Bertz CT molecular complexity index is 3000. The monoisotopic (exact) mass is 1180 g/mol. The van der Waals surface area contributed by atoms with Crippen LogP contribution in [-0.4, -0.2) is 7.62 Å². The summed E-state index contributed by atoms with van der Waals surface area (Å²) >= 11 is 4.31. The molecule has 0 heterocycles. The number of benzene rings is 8. The molecule has 0 nitrogen and oxygen atoms in total. The van der Waals surface area contributed by atoms with Crippen LogP contribution in [0, 0.1) is 24.3 Å². The van der Waals surface area contributed by atoms with E-state index in [0.717, 1.165) is 25.7 Å². The van der Waals surface area contributed by atoms with E-state index in [-0.39, 0.29) is 46.5 Å². The fraction of sp³-hybridized carbons (Fsp3) is 0.256. The van der Waals surface area contributed by atoms with Crippen LogP contribution in [0.15, 0.2) is 218 Å². The summed E-state index contributed by atoms with van der Waals surface area (Å²) in [4.78, 5) is 0. The summed E-state index contributed by atoms with van der Waals surface area (Å²) in [6, 6.07) is 72.2. The van der Waals surface area contributed by atoms with Crippen LogP contribution in [-0.2, 0) is 74.4 Å². The summed E-state index contributed by atoms with van der Waals surface area (Å²) in [5, 5.41) is 0. The van der Waals surface area contributed by atoms with E-state index >= 15 is 0 Å². The molecule has 0 aliphatic heterocycles. The van der Waals surface area contributed by atoms with Crippen LogP contribution in [0.1, 0.15) is 163 Å². The molecule has 416 valence electrons. The Morgan fingerprint density at radius 3 is 0.878 bits per heavy atom. The maximum absolute atomic E-state index is 3.67. The molecule has 82 heavy (non-hydrogen) atoms. The van der Waals surface area contributed by atoms with Gasteiger partial charge in [-0.2, -0.15) is 59.7 Å². The molecule has 12 rings (SSSR count). The van der Waals surface area contributed by atoms with Gasteiger partial charge in [-0.3, -0.25) is 12.2 Å². The molecule has 0 bridgehead atoms. The van der Waals surface area contributed by atoms with E-state index in [1.807, 2.05) is 48.6 Å². The van der Waals surface area contributed by atoms with Crippen LogP contribution in [0.4, 0.5) is 0 Å². The van der Waals surface area contributed by atoms with Crippen LogP contribution in [0.5, 0.6) is 0 Å². The summed E-state index contributed by atoms with van der Waals surface area (Å²) in [5.41, 5.74) is 22.6. The quantitative estimate of drug-likeness (QED) is 0.122. The van der Waals surface area contributed by atoms with Crippen LogP contribution in [0.2, 0.25) is 0 Å². The number of allylic oxidation sites excluding steroid dienone is 8. The zero-order chi connectivity index (χ0) is 57.5. The Balaban J connectivity index is 0.000000190. The first-order valence-electron chi connectivity index (χ1n) is 28.3. The Morgan fingerprint density at radius 2 is 0.646 bits per heavy atom. The summed E-state index contributed by atoms with van der Waals surface area (Å²) in [6.07, 6.45) is 22.1. The van der Waals surface area contributed by atoms with Gasteiger partial charge in [0, 0.05) is 0 Å². The van der Waals surface area contributed by atoms with Crippen molar-refractivity contribution in [2.24, 2.45) is 0 Å². The Labute approximate surface area is 530 Å². The SMILES string of the molecule is CC(C)(C)c1[c-]c2c(cc1)-c1ccc(C(C)(C)C)cc1C2.CC(C)(C)c1[c-]c2c(cc1)-c1ccc(C(C)(C)C)cc1C2.[C-]1=CC=CC1.[C-]1=CC=CC1.[Cl-].[Cl-].[Ti+2]=[C](c1ccccc1)c1ccccc1.[Ti+2]=[C](c1ccccc1)c1ccccc1. The van der Waals surface area contributed by atoms with Crippen molar-refractivity contribution in [2.75, 3.05) is 0 Å². The average molecular weight is 1180 g/mol. The topological polar surface area (TPSA) is 0 Å². The predicted molar refractivity (Wildman–Crippen MR) is 337 cm³/mol. The van der Waals surface area contributed by atoms with Gasteiger partial charge in [-0.1, -0.05) is 131 Å². The van der Waals surface area contributed by atoms with Gasteiger partial charge in [0.25, 0.3) is 0 Å². The predicted octanol–water partition coefficient (Wildman–Crippen LogP) is 13.5. The average Bonchev–Trinajstić information content (AvgIpc) is 3.95. The third-order valence-electron chi connectivity index (χ3n) is 14.3. The van der Waals surface area contributed by atoms with Gasteiger partial charge in [-0.05, 0) is 56.8 Å². The van der Waals surface area contributed by atoms with Gasteiger partial charge in [0.15, 0.2) is 0 Å². The second kappa shape index (κ2) is 30.9. The molecule has 4 heteroatoms. The zero-order valence-electron chi connectivity index (χ0n) is 50.4. The molecule has 0 N–H and O–H groups in total. The number of halogens is 2. The van der Waals surface area contributed by atoms with Crippen molar-refractivity contribution in [1.29, 1.82) is 0 Å². The molecule has 0 radical (unpaired) electrons. The Morgan fingerprint density at radius 1 is 0.354 bits per heavy atom. The molecule has 8 aromatic rings. The second-order valence-corrected chi connectivity index (χ2v) is 26.4. The zero-order valence-corrected chi connectivity index (χ0v) is 55.0. The maximum atomic E-state index is 3.67. The van der Waals surface area contributed by atoms with Crippen LogP contribution >= 0.6 is 0 Å². The van der Waals surface area contributed by atoms with E-state index in [4.69, 9.17) is 0 Å². The van der Waals surface area contributed by atoms with Crippen molar-refractivity contribution in [3.05, 3.63) is 309 Å². The van der Waals surface area contributed by atoms with Gasteiger partial charge in [0.2, 0.25) is 0 Å². The van der Waals surface area contributed by atoms with Gasteiger partial charge in [-0.25, -0.2) is 24.3 Å². The van der Waals surface area contributed by atoms with E-state index in [9.17, 15) is 0 Å². The molecule has 8 aromatic carbocycles. The summed E-state index contributed by atoms with van der Waals surface area (Å²) < 4.78 is 2.65. The van der Waals surface area contributed by atoms with Crippen molar-refractivity contribution in [2.45, 2.75) is 130 Å². The molecule has 0 saturated carbocycles. The van der Waals surface area contributed by atoms with Gasteiger partial charge in [0.05, 0.1) is 0 Å². The summed E-state index contributed by atoms with van der Waals surface area (Å²) in [6.45, 7) is 27.2. The number of fused-ring (bicyclic) bond motifs is 6. The first-order valence-corrected chi connectivity index (χ1v) is 29.9. The third kappa shape index (κ3) is 19.3. The molecule has 0 unspecified atom stereocenters. The number of hydrogen-bond acceptors (Lipinski definition) is 0. The van der Waals surface area contributed by atoms with Gasteiger partial charge in [-0.15, -0.1) is 35.1 Å². The van der Waals surface area contributed by atoms with Crippen molar-refractivity contribution in [1.82, 2.24) is 0 Å². The van der Waals surface area contributed by atoms with E-state index < -0.39 is 0 Å². The molecule has 0 atom stereocenters. The van der Waals surface area contributed by atoms with Gasteiger partial charge < -0.3 is 24.8 Å². The molecular formula is C78H80Cl2Ti2-2. The molecule has 0 fully saturated rings. The summed E-state index contributed by atoms with van der Waals surface area (Å²) in [7, 11) is 0. The van der Waals surface area contributed by atoms with Crippen molar-refractivity contribution in [3.63, 3.8) is 0 Å². The molecule has 0 saturated heterocycles. The fourth-order valence-electron chi connectivity index (χ4n) is 9.49. The van der Waals surface area contributed by atoms with E-state index in [1.54, 1.807) is 0 Å².